The van der Waals surface area contributed by atoms with Gasteiger partial charge in [-0.25, -0.2) is 23.4 Å². The summed E-state index contributed by atoms with van der Waals surface area (Å²) in [6, 6.07) is 11.3. The quantitative estimate of drug-likeness (QED) is 0.0282. The molecule has 1 aliphatic rings. The van der Waals surface area contributed by atoms with Gasteiger partial charge in [-0.2, -0.15) is 10.1 Å². The second kappa shape index (κ2) is 38.2. The smallest absolute Gasteiger partial charge is 0.265 e. The van der Waals surface area contributed by atoms with E-state index in [1.54, 1.807) is 98.1 Å². The summed E-state index contributed by atoms with van der Waals surface area (Å²) in [6.45, 7) is 8.32. The highest BCUT2D eigenvalue weighted by molar-refractivity contribution is 7.89. The van der Waals surface area contributed by atoms with E-state index in [9.17, 15) is 57.0 Å². The third kappa shape index (κ3) is 22.3. The first kappa shape index (κ1) is 83.8. The van der Waals surface area contributed by atoms with Gasteiger partial charge >= 0.3 is 0 Å². The number of nitrogens with one attached hydrogen (secondary N) is 9. The Hall–Kier alpha value is -10.4. The Morgan fingerprint density at radius 2 is 1.21 bits per heavy atom. The topological polar surface area (TPSA) is 560 Å². The number of benzene rings is 4. The summed E-state index contributed by atoms with van der Waals surface area (Å²) in [7, 11) is -0.649. The average Bonchev–Trinajstić information content (AvgIpc) is 1.53. The van der Waals surface area contributed by atoms with Crippen LogP contribution in [-0.2, 0) is 66.6 Å². The molecule has 10 amide bonds. The van der Waals surface area contributed by atoms with E-state index in [1.165, 1.54) is 37.1 Å². The Bertz CT molecular complexity index is 4290. The number of primary sulfonamides is 1. The van der Waals surface area contributed by atoms with E-state index in [-0.39, 0.29) is 92.7 Å². The third-order valence-corrected chi connectivity index (χ3v) is 19.1. The largest absolute Gasteiger partial charge is 0.391 e. The molecule has 1 fully saturated rings. The van der Waals surface area contributed by atoms with Gasteiger partial charge in [0.25, 0.3) is 5.91 Å². The number of hydrogen-bond donors (Lipinski definition) is 17. The van der Waals surface area contributed by atoms with Crippen LogP contribution in [0.2, 0.25) is 0 Å². The maximum Gasteiger partial charge on any atom is 0.265 e. The first-order chi connectivity index (χ1) is 50.7. The van der Waals surface area contributed by atoms with E-state index in [2.05, 4.69) is 57.9 Å². The fraction of sp³-hybridized carbons (Fsp3) is 0.451. The minimum absolute atomic E-state index is 0.0235. The summed E-state index contributed by atoms with van der Waals surface area (Å²) in [4.78, 5) is 155. The third-order valence-electron chi connectivity index (χ3n) is 18.0. The van der Waals surface area contributed by atoms with Gasteiger partial charge < -0.3 is 91.6 Å². The van der Waals surface area contributed by atoms with Crippen LogP contribution in [-0.4, -0.2) is 204 Å². The van der Waals surface area contributed by atoms with Crippen LogP contribution in [0.25, 0.3) is 22.0 Å². The van der Waals surface area contributed by atoms with Crippen LogP contribution >= 0.6 is 0 Å². The zero-order valence-electron chi connectivity index (χ0n) is 61.0. The van der Waals surface area contributed by atoms with Gasteiger partial charge in [0, 0.05) is 55.6 Å². The molecule has 7 rings (SSSR count). The maximum absolute atomic E-state index is 15.0. The maximum atomic E-state index is 15.0. The van der Waals surface area contributed by atoms with Crippen LogP contribution in [0.15, 0.2) is 102 Å². The van der Waals surface area contributed by atoms with Gasteiger partial charge in [-0.05, 0) is 169 Å². The highest BCUT2D eigenvalue weighted by atomic mass is 32.2. The summed E-state index contributed by atoms with van der Waals surface area (Å²) >= 11 is 0. The first-order valence-electron chi connectivity index (χ1n) is 35.0. The van der Waals surface area contributed by atoms with Gasteiger partial charge in [-0.3, -0.25) is 52.6 Å². The van der Waals surface area contributed by atoms with Crippen molar-refractivity contribution in [1.82, 2.24) is 67.6 Å². The monoisotopic (exact) mass is 1500 g/mol. The fourth-order valence-electron chi connectivity index (χ4n) is 11.8. The number of hydrogen-bond acceptors (Lipinski definition) is 23. The van der Waals surface area contributed by atoms with Crippen LogP contribution < -0.4 is 91.5 Å². The molecule has 0 spiro atoms. The second-order valence-electron chi connectivity index (χ2n) is 26.7. The summed E-state index contributed by atoms with van der Waals surface area (Å²) in [5.41, 5.74) is 34.2. The van der Waals surface area contributed by atoms with Crippen molar-refractivity contribution < 1.29 is 66.6 Å². The second-order valence-corrected chi connectivity index (χ2v) is 28.3. The Morgan fingerprint density at radius 1 is 0.664 bits per heavy atom. The van der Waals surface area contributed by atoms with Crippen molar-refractivity contribution in [3.63, 3.8) is 0 Å². The van der Waals surface area contributed by atoms with E-state index in [0.29, 0.717) is 28.1 Å². The van der Waals surface area contributed by atoms with E-state index < -0.39 is 149 Å². The van der Waals surface area contributed by atoms with Crippen LogP contribution in [0.3, 0.4) is 0 Å². The Labute approximate surface area is 619 Å². The van der Waals surface area contributed by atoms with Crippen molar-refractivity contribution in [1.29, 1.82) is 0 Å². The summed E-state index contributed by atoms with van der Waals surface area (Å²) < 4.78 is 27.6. The number of carbonyl (C=O) groups excluding carboxylic acids is 10. The number of anilines is 4. The van der Waals surface area contributed by atoms with Gasteiger partial charge in [-0.1, -0.05) is 56.3 Å². The number of amides is 10. The molecule has 1 unspecified atom stereocenters. The lowest BCUT2D eigenvalue weighted by atomic mass is 9.98. The Morgan fingerprint density at radius 3 is 1.77 bits per heavy atom. The lowest BCUT2D eigenvalue weighted by Gasteiger charge is -2.28. The molecule has 1 saturated heterocycles. The van der Waals surface area contributed by atoms with Crippen LogP contribution in [0.5, 0.6) is 0 Å². The molecule has 11 atom stereocenters. The molecular weight excluding hydrogens is 1400 g/mol. The Kier molecular flexibility index (Phi) is 29.9. The predicted molar refractivity (Wildman–Crippen MR) is 399 cm³/mol. The molecule has 23 N–H and O–H groups in total. The van der Waals surface area contributed by atoms with Gasteiger partial charge in [0.15, 0.2) is 0 Å². The molecule has 2 aromatic heterocycles. The van der Waals surface area contributed by atoms with Crippen molar-refractivity contribution in [3.8, 4) is 11.1 Å². The van der Waals surface area contributed by atoms with E-state index >= 15 is 9.59 Å². The van der Waals surface area contributed by atoms with Crippen molar-refractivity contribution in [2.75, 3.05) is 49.6 Å². The number of carbonyl (C=O) groups is 10. The predicted octanol–water partition coefficient (Wildman–Crippen LogP) is -2.49. The molecular formula is C71H99N21O14S. The molecule has 107 heavy (non-hydrogen) atoms. The normalized spacial score (nSPS) is 20.2. The minimum Gasteiger partial charge on any atom is -0.391 e. The lowest BCUT2D eigenvalue weighted by molar-refractivity contribution is -0.136. The van der Waals surface area contributed by atoms with Gasteiger partial charge in [-0.15, -0.1) is 0 Å². The van der Waals surface area contributed by atoms with E-state index in [4.69, 9.17) is 38.8 Å². The van der Waals surface area contributed by atoms with Gasteiger partial charge in [0.2, 0.25) is 69.1 Å². The zero-order chi connectivity index (χ0) is 78.7. The van der Waals surface area contributed by atoms with Crippen molar-refractivity contribution in [2.24, 2.45) is 46.8 Å². The van der Waals surface area contributed by atoms with Crippen molar-refractivity contribution in [3.05, 3.63) is 120 Å². The molecule has 36 heteroatoms. The summed E-state index contributed by atoms with van der Waals surface area (Å²) in [5, 5.41) is 55.2. The van der Waals surface area contributed by atoms with Crippen LogP contribution in [0.1, 0.15) is 93.4 Å². The molecule has 578 valence electrons. The van der Waals surface area contributed by atoms with Crippen LogP contribution in [0, 0.1) is 19.8 Å². The minimum atomic E-state index is -4.29. The molecule has 0 aliphatic carbocycles. The average molecular weight is 1500 g/mol. The van der Waals surface area contributed by atoms with E-state index in [1.807, 2.05) is 32.2 Å². The number of sulfonamides is 1. The zero-order valence-corrected chi connectivity index (χ0v) is 61.8. The van der Waals surface area contributed by atoms with Gasteiger partial charge in [0.05, 0.1) is 28.3 Å². The standard InChI is InChI=1S/C71H99N21O14S/c1-37(2)33-55-66(100)82-49(21-27-72)61(95)81-52(24-30-75)65(99)88-60(41(6)94)69(103)78-31-25-53(83-62(96)51(23-29-74)84-68(102)59(76)40(5)93)64(98)80-50(22-28-73)63(97)86-56(67(101)85-55)34-42-10-12-43(13-11-42)44-14-16-45(17-15-44)70(104)92(47-18-9-38(3)57(36-47)107(77,105)106)71-79-32-26-58(87-71)90(7)46-19-20-48-39(4)91(8)89-54(48)35-46/h9-20,26,32,35-37,40-41,49-53,55-56,59-60,93-94H,21-25,27-31,33-34,72-76H2,1-8H3,(H,78,103)(H,80,98)(H,81,95)(H,82,100)(H,83,96)(H,84,102)(H,85,101)(H,86,97)(H,88,99)(H2,77,105,106)/t40-,41-,49+,50?,51+,52+,53+,55+,56-,59+,60-/m1/s1. The lowest BCUT2D eigenvalue weighted by Crippen LogP contribution is -2.61. The van der Waals surface area contributed by atoms with Gasteiger partial charge in [0.1, 0.15) is 60.2 Å². The van der Waals surface area contributed by atoms with Crippen molar-refractivity contribution >= 4 is 103 Å². The van der Waals surface area contributed by atoms with Crippen LogP contribution in [0.4, 0.5) is 23.1 Å². The first-order valence-corrected chi connectivity index (χ1v) is 36.5. The summed E-state index contributed by atoms with van der Waals surface area (Å²) in [5.74, 6) is -9.20. The number of aromatic nitrogens is 4. The fourth-order valence-corrected chi connectivity index (χ4v) is 12.6. The molecule has 6 aromatic rings. The molecule has 1 aliphatic heterocycles. The molecule has 4 aromatic carbocycles. The Balaban J connectivity index is 1.23. The molecule has 0 saturated carbocycles. The number of aryl methyl sites for hydroxylation is 3. The number of aliphatic hydroxyl groups excluding tert-OH is 2. The SMILES string of the molecule is Cc1ccc(N(C(=O)c2ccc(-c3ccc(C[C@H]4NC(=O)C(CCN)NC(=O)[C@@H](NC(=O)[C@H](CCN)NC(=O)[C@@H](N)[C@@H](C)O)CCNC(=O)[C@@H]([C@@H](C)O)NC(=O)[C@H](CCN)NC(=O)[C@H](CCN)NC(=O)[C@H](CC(C)C)NC4=O)cc3)cc2)c2nccc(N(C)c3ccc4c(C)n(C)nc4c3)n2)cc1S(N)(=O)=O. The highest BCUT2D eigenvalue weighted by Crippen LogP contribution is 2.33. The molecule has 0 radical (unpaired) electrons. The summed E-state index contributed by atoms with van der Waals surface area (Å²) in [6.07, 6.45) is -3.05. The number of aliphatic hydroxyl groups is 2. The highest BCUT2D eigenvalue weighted by Gasteiger charge is 2.37. The number of fused-ring (bicyclic) bond motifs is 1. The van der Waals surface area contributed by atoms with E-state index in [0.717, 1.165) is 22.3 Å². The number of nitrogens with two attached hydrogens (primary N) is 6. The molecule has 3 heterocycles. The molecule has 35 nitrogen and oxygen atoms in total. The molecule has 0 bridgehead atoms. The van der Waals surface area contributed by atoms with Crippen molar-refractivity contribution in [2.45, 2.75) is 158 Å². The number of nitrogens with zero attached hydrogens (tertiary/aromatic N) is 6. The number of rotatable bonds is 25.